The quantitative estimate of drug-likeness (QED) is 0.829. The molecule has 0 aliphatic heterocycles. The van der Waals surface area contributed by atoms with Crippen molar-refractivity contribution in [2.75, 3.05) is 0 Å². The summed E-state index contributed by atoms with van der Waals surface area (Å²) < 4.78 is 1.68. The zero-order valence-corrected chi connectivity index (χ0v) is 8.84. The highest BCUT2D eigenvalue weighted by Crippen LogP contribution is 2.41. The van der Waals surface area contributed by atoms with Crippen LogP contribution in [0.1, 0.15) is 40.5 Å². The number of carboxylic acids is 1. The lowest BCUT2D eigenvalue weighted by molar-refractivity contribution is 0.0694. The molecule has 0 amide bonds. The molecule has 0 atom stereocenters. The van der Waals surface area contributed by atoms with Crippen LogP contribution in [0, 0.1) is 6.92 Å². The van der Waals surface area contributed by atoms with Crippen LogP contribution in [0.25, 0.3) is 5.65 Å². The molecule has 5 heteroatoms. The number of hydrogen-bond acceptors (Lipinski definition) is 3. The second kappa shape index (κ2) is 3.04. The fourth-order valence-corrected chi connectivity index (χ4v) is 1.98. The number of aromatic carboxylic acids is 1. The maximum Gasteiger partial charge on any atom is 0.339 e. The van der Waals surface area contributed by atoms with Crippen molar-refractivity contribution < 1.29 is 9.90 Å². The highest BCUT2D eigenvalue weighted by Gasteiger charge is 2.31. The first-order valence-electron chi connectivity index (χ1n) is 5.25. The molecule has 1 aliphatic carbocycles. The summed E-state index contributed by atoms with van der Waals surface area (Å²) in [5.41, 5.74) is 2.66. The number of fused-ring (bicyclic) bond motifs is 1. The number of carboxylic acid groups (broad SMARTS) is 1. The Morgan fingerprint density at radius 1 is 1.56 bits per heavy atom. The van der Waals surface area contributed by atoms with Crippen LogP contribution < -0.4 is 0 Å². The number of hydrogen-bond donors (Lipinski definition) is 1. The van der Waals surface area contributed by atoms with E-state index in [1.807, 2.05) is 13.0 Å². The first-order valence-corrected chi connectivity index (χ1v) is 5.25. The summed E-state index contributed by atoms with van der Waals surface area (Å²) in [7, 11) is 0. The van der Waals surface area contributed by atoms with Gasteiger partial charge in [0.25, 0.3) is 0 Å². The number of rotatable bonds is 2. The Bertz CT molecular complexity index is 584. The number of aromatic nitrogens is 3. The van der Waals surface area contributed by atoms with Gasteiger partial charge in [-0.05, 0) is 19.8 Å². The zero-order chi connectivity index (χ0) is 11.3. The molecule has 5 nitrogen and oxygen atoms in total. The summed E-state index contributed by atoms with van der Waals surface area (Å²) in [5, 5.41) is 13.4. The molecule has 3 rings (SSSR count). The third-order valence-electron chi connectivity index (χ3n) is 2.84. The molecule has 0 unspecified atom stereocenters. The minimum atomic E-state index is -0.926. The predicted molar refractivity (Wildman–Crippen MR) is 56.7 cm³/mol. The number of nitrogens with zero attached hydrogens (tertiary/aromatic N) is 3. The molecule has 82 valence electrons. The van der Waals surface area contributed by atoms with Gasteiger partial charge in [-0.15, -0.1) is 0 Å². The van der Waals surface area contributed by atoms with Gasteiger partial charge in [-0.25, -0.2) is 14.3 Å². The molecule has 0 bridgehead atoms. The summed E-state index contributed by atoms with van der Waals surface area (Å²) in [5.74, 6) is -0.597. The second-order valence-corrected chi connectivity index (χ2v) is 4.19. The third kappa shape index (κ3) is 1.28. The van der Waals surface area contributed by atoms with E-state index in [0.717, 1.165) is 29.9 Å². The molecule has 2 aromatic heterocycles. The van der Waals surface area contributed by atoms with Gasteiger partial charge < -0.3 is 5.11 Å². The first-order chi connectivity index (χ1) is 7.66. The first kappa shape index (κ1) is 9.33. The Morgan fingerprint density at radius 3 is 2.94 bits per heavy atom. The molecule has 0 aromatic carbocycles. The van der Waals surface area contributed by atoms with E-state index < -0.39 is 5.97 Å². The molecular weight excluding hydrogens is 206 g/mol. The van der Waals surface area contributed by atoms with E-state index in [2.05, 4.69) is 10.1 Å². The summed E-state index contributed by atoms with van der Waals surface area (Å²) in [4.78, 5) is 15.2. The third-order valence-corrected chi connectivity index (χ3v) is 2.84. The molecule has 0 saturated heterocycles. The zero-order valence-electron chi connectivity index (χ0n) is 8.84. The fourth-order valence-electron chi connectivity index (χ4n) is 1.98. The molecule has 1 N–H and O–H groups in total. The van der Waals surface area contributed by atoms with Crippen LogP contribution >= 0.6 is 0 Å². The Balaban J connectivity index is 2.34. The van der Waals surface area contributed by atoms with Gasteiger partial charge in [0.1, 0.15) is 0 Å². The lowest BCUT2D eigenvalue weighted by Crippen LogP contribution is -2.09. The average molecular weight is 217 g/mol. The standard InChI is InChI=1S/C11H11N3O2/c1-6-4-9-12-5-8(11(15)16)10(7-2-3-7)14(9)13-6/h4-5,7H,2-3H2,1H3,(H,15,16). The van der Waals surface area contributed by atoms with Gasteiger partial charge >= 0.3 is 5.97 Å². The minimum Gasteiger partial charge on any atom is -0.478 e. The summed E-state index contributed by atoms with van der Waals surface area (Å²) >= 11 is 0. The van der Waals surface area contributed by atoms with E-state index in [-0.39, 0.29) is 5.56 Å². The van der Waals surface area contributed by atoms with Crippen molar-refractivity contribution in [3.63, 3.8) is 0 Å². The monoisotopic (exact) mass is 217 g/mol. The molecular formula is C11H11N3O2. The second-order valence-electron chi connectivity index (χ2n) is 4.19. The van der Waals surface area contributed by atoms with E-state index in [1.165, 1.54) is 6.20 Å². The van der Waals surface area contributed by atoms with Gasteiger partial charge in [0.05, 0.1) is 17.0 Å². The number of aryl methyl sites for hydroxylation is 1. The Kier molecular flexibility index (Phi) is 1.77. The maximum absolute atomic E-state index is 11.1. The van der Waals surface area contributed by atoms with Crippen LogP contribution in [0.15, 0.2) is 12.3 Å². The topological polar surface area (TPSA) is 67.5 Å². The van der Waals surface area contributed by atoms with Crippen molar-refractivity contribution in [1.82, 2.24) is 14.6 Å². The van der Waals surface area contributed by atoms with Crippen molar-refractivity contribution in [1.29, 1.82) is 0 Å². The highest BCUT2D eigenvalue weighted by atomic mass is 16.4. The maximum atomic E-state index is 11.1. The van der Waals surface area contributed by atoms with Gasteiger partial charge in [-0.2, -0.15) is 5.10 Å². The van der Waals surface area contributed by atoms with E-state index in [4.69, 9.17) is 5.11 Å². The molecule has 2 aromatic rings. The molecule has 1 aliphatic rings. The summed E-state index contributed by atoms with van der Waals surface area (Å²) in [6.07, 6.45) is 3.52. The van der Waals surface area contributed by atoms with Crippen LogP contribution in [-0.2, 0) is 0 Å². The van der Waals surface area contributed by atoms with E-state index in [1.54, 1.807) is 4.52 Å². The lowest BCUT2D eigenvalue weighted by atomic mass is 10.1. The Morgan fingerprint density at radius 2 is 2.31 bits per heavy atom. The SMILES string of the molecule is Cc1cc2ncc(C(=O)O)c(C3CC3)n2n1. The van der Waals surface area contributed by atoms with Crippen LogP contribution in [-0.4, -0.2) is 25.7 Å². The molecule has 0 radical (unpaired) electrons. The Labute approximate surface area is 91.7 Å². The van der Waals surface area contributed by atoms with Crippen LogP contribution in [0.3, 0.4) is 0 Å². The highest BCUT2D eigenvalue weighted by molar-refractivity contribution is 5.89. The fraction of sp³-hybridized carbons (Fsp3) is 0.364. The van der Waals surface area contributed by atoms with Crippen LogP contribution in [0.2, 0.25) is 0 Å². The molecule has 1 fully saturated rings. The van der Waals surface area contributed by atoms with Gasteiger partial charge in [-0.1, -0.05) is 0 Å². The van der Waals surface area contributed by atoms with Crippen molar-refractivity contribution in [3.8, 4) is 0 Å². The normalized spacial score (nSPS) is 15.6. The largest absolute Gasteiger partial charge is 0.478 e. The van der Waals surface area contributed by atoms with E-state index in [0.29, 0.717) is 5.92 Å². The smallest absolute Gasteiger partial charge is 0.339 e. The summed E-state index contributed by atoms with van der Waals surface area (Å²) in [6.45, 7) is 1.88. The van der Waals surface area contributed by atoms with Gasteiger partial charge in [0, 0.05) is 18.2 Å². The van der Waals surface area contributed by atoms with Gasteiger partial charge in [0.15, 0.2) is 5.65 Å². The van der Waals surface area contributed by atoms with Crippen molar-refractivity contribution in [3.05, 3.63) is 29.2 Å². The van der Waals surface area contributed by atoms with Crippen LogP contribution in [0.4, 0.5) is 0 Å². The molecule has 0 spiro atoms. The molecule has 2 heterocycles. The van der Waals surface area contributed by atoms with Gasteiger partial charge in [-0.3, -0.25) is 0 Å². The van der Waals surface area contributed by atoms with Crippen molar-refractivity contribution in [2.45, 2.75) is 25.7 Å². The minimum absolute atomic E-state index is 0.276. The molecule has 16 heavy (non-hydrogen) atoms. The van der Waals surface area contributed by atoms with Gasteiger partial charge in [0.2, 0.25) is 0 Å². The molecule has 1 saturated carbocycles. The Hall–Kier alpha value is -1.91. The summed E-state index contributed by atoms with van der Waals surface area (Å²) in [6, 6.07) is 1.86. The predicted octanol–water partition coefficient (Wildman–Crippen LogP) is 1.61. The van der Waals surface area contributed by atoms with Crippen LogP contribution in [0.5, 0.6) is 0 Å². The van der Waals surface area contributed by atoms with Crippen molar-refractivity contribution >= 4 is 11.6 Å². The average Bonchev–Trinajstić information content (AvgIpc) is 2.97. The van der Waals surface area contributed by atoms with Crippen molar-refractivity contribution in [2.24, 2.45) is 0 Å². The lowest BCUT2D eigenvalue weighted by Gasteiger charge is -2.06. The van der Waals surface area contributed by atoms with E-state index in [9.17, 15) is 4.79 Å². The van der Waals surface area contributed by atoms with E-state index >= 15 is 0 Å². The number of carbonyl (C=O) groups is 1.